The Morgan fingerprint density at radius 1 is 0.588 bits per heavy atom. The summed E-state index contributed by atoms with van der Waals surface area (Å²) in [5.41, 5.74) is 2.32. The van der Waals surface area contributed by atoms with E-state index in [2.05, 4.69) is 0 Å². The van der Waals surface area contributed by atoms with Gasteiger partial charge in [0.2, 0.25) is 0 Å². The molecule has 8 heteroatoms. The zero-order valence-corrected chi connectivity index (χ0v) is 18.3. The Labute approximate surface area is 195 Å². The summed E-state index contributed by atoms with van der Waals surface area (Å²) in [4.78, 5) is 24.9. The van der Waals surface area contributed by atoms with E-state index in [1.54, 1.807) is 36.4 Å². The second kappa shape index (κ2) is 9.74. The normalized spacial score (nSPS) is 13.6. The summed E-state index contributed by atoms with van der Waals surface area (Å²) in [5.74, 6) is 1.35. The average Bonchev–Trinajstić information content (AvgIpc) is 2.90. The second-order valence-corrected chi connectivity index (χ2v) is 7.69. The van der Waals surface area contributed by atoms with E-state index in [0.29, 0.717) is 60.6 Å². The Hall–Kier alpha value is -4.20. The molecule has 2 heterocycles. The molecule has 8 nitrogen and oxygen atoms in total. The molecule has 0 saturated heterocycles. The highest BCUT2D eigenvalue weighted by Crippen LogP contribution is 2.32. The molecule has 0 atom stereocenters. The number of ether oxygens (including phenoxy) is 6. The predicted octanol–water partition coefficient (Wildman–Crippen LogP) is 3.94. The Balaban J connectivity index is 1.16. The van der Waals surface area contributed by atoms with Crippen LogP contribution < -0.4 is 18.9 Å². The lowest BCUT2D eigenvalue weighted by Gasteiger charge is -2.18. The molecule has 174 valence electrons. The first-order valence-electron chi connectivity index (χ1n) is 10.9. The minimum atomic E-state index is -0.465. The molecule has 3 aromatic carbocycles. The molecule has 0 saturated carbocycles. The van der Waals surface area contributed by atoms with Gasteiger partial charge in [-0.1, -0.05) is 18.2 Å². The Kier molecular flexibility index (Phi) is 6.20. The molecule has 3 aromatic rings. The molecular formula is C26H22O8. The van der Waals surface area contributed by atoms with Crippen molar-refractivity contribution in [2.45, 2.75) is 13.2 Å². The van der Waals surface area contributed by atoms with Crippen molar-refractivity contribution in [1.29, 1.82) is 0 Å². The zero-order chi connectivity index (χ0) is 23.3. The van der Waals surface area contributed by atoms with Gasteiger partial charge in [0.1, 0.15) is 39.6 Å². The van der Waals surface area contributed by atoms with Crippen LogP contribution in [0, 0.1) is 0 Å². The van der Waals surface area contributed by atoms with Crippen LogP contribution in [-0.4, -0.2) is 38.4 Å². The van der Waals surface area contributed by atoms with Crippen molar-refractivity contribution in [3.63, 3.8) is 0 Å². The standard InChI is InChI=1S/C26H22O8/c27-25(19-4-6-21-23(13-19)31-10-8-29-21)33-15-17-2-1-3-18(12-17)16-34-26(28)20-5-7-22-24(14-20)32-11-9-30-22/h1-7,12-14H,8-11,15-16H2. The molecular weight excluding hydrogens is 440 g/mol. The number of carbonyl (C=O) groups is 2. The Bertz CT molecular complexity index is 1130. The van der Waals surface area contributed by atoms with E-state index in [1.165, 1.54) is 0 Å². The summed E-state index contributed by atoms with van der Waals surface area (Å²) >= 11 is 0. The third kappa shape index (κ3) is 4.91. The van der Waals surface area contributed by atoms with Crippen LogP contribution in [0.3, 0.4) is 0 Å². The van der Waals surface area contributed by atoms with Crippen LogP contribution in [0.5, 0.6) is 23.0 Å². The van der Waals surface area contributed by atoms with E-state index in [9.17, 15) is 9.59 Å². The highest BCUT2D eigenvalue weighted by Gasteiger charge is 2.17. The summed E-state index contributed by atoms with van der Waals surface area (Å²) in [6.07, 6.45) is 0. The first-order valence-corrected chi connectivity index (χ1v) is 10.9. The molecule has 0 bridgehead atoms. The van der Waals surface area contributed by atoms with E-state index in [-0.39, 0.29) is 13.2 Å². The maximum atomic E-state index is 12.5. The van der Waals surface area contributed by atoms with Crippen LogP contribution in [0.1, 0.15) is 31.8 Å². The average molecular weight is 462 g/mol. The lowest BCUT2D eigenvalue weighted by atomic mass is 10.1. The molecule has 5 rings (SSSR count). The maximum absolute atomic E-state index is 12.5. The Morgan fingerprint density at radius 2 is 1.03 bits per heavy atom. The molecule has 0 spiro atoms. The van der Waals surface area contributed by atoms with Gasteiger partial charge in [-0.15, -0.1) is 0 Å². The number of hydrogen-bond donors (Lipinski definition) is 0. The van der Waals surface area contributed by atoms with Gasteiger partial charge < -0.3 is 28.4 Å². The van der Waals surface area contributed by atoms with Gasteiger partial charge >= 0.3 is 11.9 Å². The number of rotatable bonds is 6. The number of carbonyl (C=O) groups excluding carboxylic acids is 2. The fourth-order valence-corrected chi connectivity index (χ4v) is 3.61. The van der Waals surface area contributed by atoms with Gasteiger partial charge in [-0.25, -0.2) is 9.59 Å². The van der Waals surface area contributed by atoms with Crippen LogP contribution in [0.15, 0.2) is 60.7 Å². The highest BCUT2D eigenvalue weighted by molar-refractivity contribution is 5.90. The van der Waals surface area contributed by atoms with Gasteiger partial charge in [0.05, 0.1) is 11.1 Å². The lowest BCUT2D eigenvalue weighted by Crippen LogP contribution is -2.16. The van der Waals surface area contributed by atoms with Crippen molar-refractivity contribution < 1.29 is 38.0 Å². The second-order valence-electron chi connectivity index (χ2n) is 7.69. The largest absolute Gasteiger partial charge is 0.486 e. The summed E-state index contributed by atoms with van der Waals surface area (Å²) in [7, 11) is 0. The summed E-state index contributed by atoms with van der Waals surface area (Å²) < 4.78 is 32.8. The van der Waals surface area contributed by atoms with Crippen LogP contribution in [0.25, 0.3) is 0 Å². The third-order valence-corrected chi connectivity index (χ3v) is 5.29. The van der Waals surface area contributed by atoms with Crippen LogP contribution >= 0.6 is 0 Å². The zero-order valence-electron chi connectivity index (χ0n) is 18.3. The van der Waals surface area contributed by atoms with Crippen molar-refractivity contribution in [3.05, 3.63) is 82.9 Å². The molecule has 0 radical (unpaired) electrons. The van der Waals surface area contributed by atoms with E-state index in [1.807, 2.05) is 24.3 Å². The fourth-order valence-electron chi connectivity index (χ4n) is 3.61. The molecule has 2 aliphatic heterocycles. The quantitative estimate of drug-likeness (QED) is 0.509. The topological polar surface area (TPSA) is 89.5 Å². The fraction of sp³-hybridized carbons (Fsp3) is 0.231. The predicted molar refractivity (Wildman–Crippen MR) is 120 cm³/mol. The van der Waals surface area contributed by atoms with Crippen molar-refractivity contribution in [1.82, 2.24) is 0 Å². The van der Waals surface area contributed by atoms with Gasteiger partial charge in [0, 0.05) is 0 Å². The summed E-state index contributed by atoms with van der Waals surface area (Å²) in [5, 5.41) is 0. The van der Waals surface area contributed by atoms with Crippen LogP contribution in [0.4, 0.5) is 0 Å². The van der Waals surface area contributed by atoms with E-state index >= 15 is 0 Å². The maximum Gasteiger partial charge on any atom is 0.338 e. The summed E-state index contributed by atoms with van der Waals surface area (Å²) in [6, 6.07) is 17.2. The van der Waals surface area contributed by atoms with Gasteiger partial charge in [-0.05, 0) is 53.6 Å². The van der Waals surface area contributed by atoms with Crippen molar-refractivity contribution >= 4 is 11.9 Å². The monoisotopic (exact) mass is 462 g/mol. The van der Waals surface area contributed by atoms with E-state index in [0.717, 1.165) is 11.1 Å². The molecule has 0 fully saturated rings. The number of fused-ring (bicyclic) bond motifs is 2. The van der Waals surface area contributed by atoms with E-state index in [4.69, 9.17) is 28.4 Å². The summed E-state index contributed by atoms with van der Waals surface area (Å²) in [6.45, 7) is 2.02. The minimum absolute atomic E-state index is 0.0806. The smallest absolute Gasteiger partial charge is 0.338 e. The molecule has 0 aliphatic carbocycles. The van der Waals surface area contributed by atoms with Gasteiger partial charge in [0.15, 0.2) is 23.0 Å². The molecule has 0 N–H and O–H groups in total. The number of esters is 2. The molecule has 0 amide bonds. The molecule has 2 aliphatic rings. The molecule has 0 unspecified atom stereocenters. The number of benzene rings is 3. The third-order valence-electron chi connectivity index (χ3n) is 5.29. The van der Waals surface area contributed by atoms with Crippen LogP contribution in [-0.2, 0) is 22.7 Å². The minimum Gasteiger partial charge on any atom is -0.486 e. The van der Waals surface area contributed by atoms with Crippen molar-refractivity contribution in [3.8, 4) is 23.0 Å². The molecule has 0 aromatic heterocycles. The Morgan fingerprint density at radius 3 is 1.50 bits per heavy atom. The van der Waals surface area contributed by atoms with E-state index < -0.39 is 11.9 Å². The highest BCUT2D eigenvalue weighted by atomic mass is 16.6. The van der Waals surface area contributed by atoms with Gasteiger partial charge in [-0.3, -0.25) is 0 Å². The first kappa shape index (κ1) is 21.6. The van der Waals surface area contributed by atoms with Crippen molar-refractivity contribution in [2.24, 2.45) is 0 Å². The SMILES string of the molecule is O=C(OCc1cccc(COC(=O)c2ccc3c(c2)OCCO3)c1)c1ccc2c(c1)OCCO2. The van der Waals surface area contributed by atoms with Crippen molar-refractivity contribution in [2.75, 3.05) is 26.4 Å². The first-order chi connectivity index (χ1) is 16.7. The molecule has 34 heavy (non-hydrogen) atoms. The van der Waals surface area contributed by atoms with Gasteiger partial charge in [-0.2, -0.15) is 0 Å². The lowest BCUT2D eigenvalue weighted by molar-refractivity contribution is 0.0470. The number of hydrogen-bond acceptors (Lipinski definition) is 8. The van der Waals surface area contributed by atoms with Gasteiger partial charge in [0.25, 0.3) is 0 Å². The van der Waals surface area contributed by atoms with Crippen LogP contribution in [0.2, 0.25) is 0 Å².